The van der Waals surface area contributed by atoms with E-state index >= 15 is 0 Å². The predicted molar refractivity (Wildman–Crippen MR) is 148 cm³/mol. The van der Waals surface area contributed by atoms with Gasteiger partial charge in [-0.15, -0.1) is 0 Å². The molecular formula is C28H18Cl2N4O4. The summed E-state index contributed by atoms with van der Waals surface area (Å²) in [5.41, 5.74) is 1.43. The van der Waals surface area contributed by atoms with Crippen LogP contribution < -0.4 is 10.3 Å². The maximum atomic E-state index is 13.3. The Hall–Kier alpha value is -4.53. The summed E-state index contributed by atoms with van der Waals surface area (Å²) < 4.78 is 6.86. The molecule has 10 heteroatoms. The van der Waals surface area contributed by atoms with Gasteiger partial charge < -0.3 is 4.74 Å². The molecule has 0 N–H and O–H groups in total. The van der Waals surface area contributed by atoms with Gasteiger partial charge in [0.2, 0.25) is 5.75 Å². The molecule has 0 aliphatic rings. The van der Waals surface area contributed by atoms with Crippen molar-refractivity contribution >= 4 is 46.0 Å². The van der Waals surface area contributed by atoms with Crippen LogP contribution in [0.5, 0.6) is 5.75 Å². The van der Waals surface area contributed by atoms with Gasteiger partial charge in [-0.25, -0.2) is 4.98 Å². The summed E-state index contributed by atoms with van der Waals surface area (Å²) in [6.07, 6.45) is 1.32. The van der Waals surface area contributed by atoms with Crippen molar-refractivity contribution in [2.75, 3.05) is 0 Å². The fourth-order valence-corrected chi connectivity index (χ4v) is 4.31. The van der Waals surface area contributed by atoms with E-state index in [0.717, 1.165) is 0 Å². The van der Waals surface area contributed by atoms with Crippen molar-refractivity contribution in [2.24, 2.45) is 5.10 Å². The molecule has 0 bridgehead atoms. The minimum Gasteiger partial charge on any atom is -0.481 e. The van der Waals surface area contributed by atoms with Crippen LogP contribution in [-0.4, -0.2) is 20.8 Å². The number of halogens is 2. The fraction of sp³-hybridized carbons (Fsp3) is 0.0357. The smallest absolute Gasteiger partial charge is 0.313 e. The van der Waals surface area contributed by atoms with Gasteiger partial charge in [0.1, 0.15) is 6.61 Å². The van der Waals surface area contributed by atoms with Crippen LogP contribution in [-0.2, 0) is 6.61 Å². The average molecular weight is 545 g/mol. The molecule has 0 radical (unpaired) electrons. The molecular weight excluding hydrogens is 527 g/mol. The summed E-state index contributed by atoms with van der Waals surface area (Å²) in [5.74, 6) is 0.231. The highest BCUT2D eigenvalue weighted by Crippen LogP contribution is 2.37. The van der Waals surface area contributed by atoms with Crippen LogP contribution in [0, 0.1) is 10.1 Å². The van der Waals surface area contributed by atoms with Gasteiger partial charge in [0.15, 0.2) is 5.82 Å². The molecule has 4 aromatic carbocycles. The molecule has 8 nitrogen and oxygen atoms in total. The van der Waals surface area contributed by atoms with Crippen LogP contribution in [0.3, 0.4) is 0 Å². The summed E-state index contributed by atoms with van der Waals surface area (Å²) in [6, 6.07) is 25.9. The number of para-hydroxylation sites is 1. The molecule has 0 aliphatic heterocycles. The molecule has 188 valence electrons. The van der Waals surface area contributed by atoms with Crippen molar-refractivity contribution in [2.45, 2.75) is 6.61 Å². The molecule has 0 atom stereocenters. The number of ether oxygens (including phenoxy) is 1. The first-order valence-corrected chi connectivity index (χ1v) is 12.1. The van der Waals surface area contributed by atoms with E-state index < -0.39 is 4.92 Å². The van der Waals surface area contributed by atoms with E-state index in [2.05, 4.69) is 10.1 Å². The Morgan fingerprint density at radius 2 is 1.66 bits per heavy atom. The van der Waals surface area contributed by atoms with E-state index in [9.17, 15) is 14.9 Å². The third kappa shape index (κ3) is 5.13. The van der Waals surface area contributed by atoms with Gasteiger partial charge in [0.05, 0.1) is 27.1 Å². The number of nitro groups is 1. The van der Waals surface area contributed by atoms with E-state index in [1.165, 1.54) is 23.0 Å². The largest absolute Gasteiger partial charge is 0.481 e. The number of hydrogen-bond acceptors (Lipinski definition) is 6. The highest BCUT2D eigenvalue weighted by atomic mass is 35.5. The third-order valence-corrected chi connectivity index (χ3v) is 6.33. The third-order valence-electron chi connectivity index (χ3n) is 5.68. The summed E-state index contributed by atoms with van der Waals surface area (Å²) in [5, 5.41) is 17.1. The normalized spacial score (nSPS) is 11.2. The second-order valence-electron chi connectivity index (χ2n) is 8.17. The summed E-state index contributed by atoms with van der Waals surface area (Å²) in [7, 11) is 0. The van der Waals surface area contributed by atoms with Crippen LogP contribution in [0.15, 0.2) is 101 Å². The molecule has 0 amide bonds. The number of hydrogen-bond donors (Lipinski definition) is 0. The van der Waals surface area contributed by atoms with Gasteiger partial charge >= 0.3 is 5.69 Å². The maximum Gasteiger partial charge on any atom is 0.313 e. The van der Waals surface area contributed by atoms with E-state index in [1.54, 1.807) is 48.5 Å². The second-order valence-corrected chi connectivity index (χ2v) is 8.98. The molecule has 38 heavy (non-hydrogen) atoms. The molecule has 0 saturated carbocycles. The first-order valence-electron chi connectivity index (χ1n) is 11.4. The summed E-state index contributed by atoms with van der Waals surface area (Å²) in [6.45, 7) is -0.00768. The highest BCUT2D eigenvalue weighted by Gasteiger charge is 2.21. The minimum absolute atomic E-state index is 0.00768. The Morgan fingerprint density at radius 1 is 0.947 bits per heavy atom. The van der Waals surface area contributed by atoms with E-state index in [1.807, 2.05) is 30.3 Å². The number of fused-ring (bicyclic) bond motifs is 1. The number of nitro benzene ring substituents is 1. The van der Waals surface area contributed by atoms with Crippen molar-refractivity contribution in [1.82, 2.24) is 9.66 Å². The minimum atomic E-state index is -0.593. The first kappa shape index (κ1) is 25.1. The molecule has 1 heterocycles. The van der Waals surface area contributed by atoms with Gasteiger partial charge in [-0.05, 0) is 24.3 Å². The zero-order chi connectivity index (χ0) is 26.6. The maximum absolute atomic E-state index is 13.3. The van der Waals surface area contributed by atoms with Crippen molar-refractivity contribution in [3.63, 3.8) is 0 Å². The lowest BCUT2D eigenvalue weighted by Crippen LogP contribution is -2.20. The van der Waals surface area contributed by atoms with E-state index in [-0.39, 0.29) is 28.6 Å². The van der Waals surface area contributed by atoms with Gasteiger partial charge in [-0.1, -0.05) is 83.9 Å². The van der Waals surface area contributed by atoms with Crippen molar-refractivity contribution < 1.29 is 9.66 Å². The predicted octanol–water partition coefficient (Wildman–Crippen LogP) is 6.74. The quantitative estimate of drug-likeness (QED) is 0.128. The topological polar surface area (TPSA) is 99.6 Å². The molecule has 0 unspecified atom stereocenters. The Morgan fingerprint density at radius 3 is 2.42 bits per heavy atom. The summed E-state index contributed by atoms with van der Waals surface area (Å²) >= 11 is 12.6. The number of benzene rings is 4. The summed E-state index contributed by atoms with van der Waals surface area (Å²) in [4.78, 5) is 29.2. The lowest BCUT2D eigenvalue weighted by molar-refractivity contribution is -0.385. The van der Waals surface area contributed by atoms with Crippen molar-refractivity contribution in [3.05, 3.63) is 133 Å². The SMILES string of the molecule is O=c1c2ccccc2nc(-c2ccccc2)n1N=Cc1cc(Cl)c(OCc2ccccc2Cl)c([N+](=O)[O-])c1. The molecule has 0 saturated heterocycles. The van der Waals surface area contributed by atoms with Crippen LogP contribution in [0.25, 0.3) is 22.3 Å². The van der Waals surface area contributed by atoms with Crippen LogP contribution in [0.2, 0.25) is 10.0 Å². The molecule has 5 rings (SSSR count). The Labute approximate surface area is 226 Å². The van der Waals surface area contributed by atoms with Gasteiger partial charge in [-0.2, -0.15) is 9.78 Å². The Balaban J connectivity index is 1.55. The lowest BCUT2D eigenvalue weighted by Gasteiger charge is -2.11. The first-order chi connectivity index (χ1) is 18.4. The van der Waals surface area contributed by atoms with Crippen molar-refractivity contribution in [1.29, 1.82) is 0 Å². The fourth-order valence-electron chi connectivity index (χ4n) is 3.85. The monoisotopic (exact) mass is 544 g/mol. The molecule has 0 fully saturated rings. The van der Waals surface area contributed by atoms with Crippen LogP contribution in [0.1, 0.15) is 11.1 Å². The zero-order valence-corrected chi connectivity index (χ0v) is 21.1. The Bertz CT molecular complexity index is 1750. The van der Waals surface area contributed by atoms with Gasteiger partial charge in [-0.3, -0.25) is 14.9 Å². The van der Waals surface area contributed by atoms with Crippen LogP contribution >= 0.6 is 23.2 Å². The average Bonchev–Trinajstić information content (AvgIpc) is 2.93. The highest BCUT2D eigenvalue weighted by molar-refractivity contribution is 6.32. The van der Waals surface area contributed by atoms with Gasteiger partial charge in [0.25, 0.3) is 5.56 Å². The van der Waals surface area contributed by atoms with E-state index in [0.29, 0.717) is 38.4 Å². The molecule has 0 spiro atoms. The standard InChI is InChI=1S/C28H18Cl2N4O4/c29-22-12-6-4-10-20(22)17-38-26-23(30)14-18(15-25(26)34(36)37)16-31-33-27(19-8-2-1-3-9-19)32-24-13-7-5-11-21(24)28(33)35/h1-16H,17H2. The molecule has 1 aromatic heterocycles. The second kappa shape index (κ2) is 10.8. The molecule has 0 aliphatic carbocycles. The van der Waals surface area contributed by atoms with Crippen LogP contribution in [0.4, 0.5) is 5.69 Å². The molecule has 5 aromatic rings. The number of nitrogens with zero attached hydrogens (tertiary/aromatic N) is 4. The zero-order valence-electron chi connectivity index (χ0n) is 19.6. The van der Waals surface area contributed by atoms with Gasteiger partial charge in [0, 0.05) is 27.8 Å². The number of aromatic nitrogens is 2. The number of rotatable bonds is 7. The van der Waals surface area contributed by atoms with E-state index in [4.69, 9.17) is 27.9 Å². The van der Waals surface area contributed by atoms with Crippen molar-refractivity contribution in [3.8, 4) is 17.1 Å². The lowest BCUT2D eigenvalue weighted by atomic mass is 10.2. The Kier molecular flexibility index (Phi) is 7.17.